The monoisotopic (exact) mass is 341 g/mol. The Labute approximate surface area is 139 Å². The van der Waals surface area contributed by atoms with Gasteiger partial charge in [-0.05, 0) is 37.7 Å². The number of nitrogens with one attached hydrogen (secondary N) is 1. The first-order valence-corrected chi connectivity index (χ1v) is 9.74. The minimum atomic E-state index is -1.85. The van der Waals surface area contributed by atoms with Crippen LogP contribution in [0.2, 0.25) is 0 Å². The van der Waals surface area contributed by atoms with Gasteiger partial charge in [0.1, 0.15) is 6.61 Å². The number of carbonyl (C=O) groups excluding carboxylic acids is 1. The molecule has 0 aliphatic rings. The van der Waals surface area contributed by atoms with Gasteiger partial charge in [0.2, 0.25) is 0 Å². The van der Waals surface area contributed by atoms with Gasteiger partial charge in [-0.15, -0.1) is 0 Å². The highest BCUT2D eigenvalue weighted by molar-refractivity contribution is 7.39. The van der Waals surface area contributed by atoms with E-state index in [4.69, 9.17) is 9.26 Å². The normalized spacial score (nSPS) is 13.3. The Morgan fingerprint density at radius 3 is 2.70 bits per heavy atom. The zero-order chi connectivity index (χ0) is 16.9. The van der Waals surface area contributed by atoms with E-state index in [2.05, 4.69) is 12.2 Å². The molecule has 130 valence electrons. The van der Waals surface area contributed by atoms with Crippen LogP contribution in [-0.2, 0) is 20.4 Å². The minimum Gasteiger partial charge on any atom is -0.445 e. The second-order valence-electron chi connectivity index (χ2n) is 5.58. The maximum atomic E-state index is 11.6. The van der Waals surface area contributed by atoms with Crippen molar-refractivity contribution < 1.29 is 18.6 Å². The van der Waals surface area contributed by atoms with Crippen molar-refractivity contribution in [3.63, 3.8) is 0 Å². The molecule has 1 aromatic carbocycles. The third-order valence-electron chi connectivity index (χ3n) is 3.50. The largest absolute Gasteiger partial charge is 0.445 e. The number of amides is 1. The summed E-state index contributed by atoms with van der Waals surface area (Å²) in [7, 11) is -1.85. The van der Waals surface area contributed by atoms with Crippen LogP contribution >= 0.6 is 8.03 Å². The summed E-state index contributed by atoms with van der Waals surface area (Å²) in [6.07, 6.45) is 3.03. The van der Waals surface area contributed by atoms with Crippen molar-refractivity contribution in [3.05, 3.63) is 35.9 Å². The summed E-state index contributed by atoms with van der Waals surface area (Å²) in [5.74, 6) is 0.478. The van der Waals surface area contributed by atoms with Gasteiger partial charge in [-0.2, -0.15) is 0 Å². The van der Waals surface area contributed by atoms with Crippen LogP contribution in [-0.4, -0.2) is 25.4 Å². The summed E-state index contributed by atoms with van der Waals surface area (Å²) < 4.78 is 21.7. The lowest BCUT2D eigenvalue weighted by Gasteiger charge is -2.11. The molecular weight excluding hydrogens is 313 g/mol. The number of hydrogen-bond acceptors (Lipinski definition) is 4. The van der Waals surface area contributed by atoms with Crippen molar-refractivity contribution in [1.29, 1.82) is 0 Å². The fourth-order valence-electron chi connectivity index (χ4n) is 2.16. The number of ether oxygens (including phenoxy) is 1. The molecule has 0 aromatic heterocycles. The second kappa shape index (κ2) is 12.1. The Hall–Kier alpha value is -1.32. The molecule has 23 heavy (non-hydrogen) atoms. The third-order valence-corrected chi connectivity index (χ3v) is 4.81. The molecule has 0 aliphatic heterocycles. The maximum Gasteiger partial charge on any atom is 0.407 e. The highest BCUT2D eigenvalue weighted by atomic mass is 31.1. The Bertz CT molecular complexity index is 467. The molecule has 0 heterocycles. The van der Waals surface area contributed by atoms with Crippen LogP contribution in [0.25, 0.3) is 0 Å². The molecule has 0 saturated heterocycles. The number of rotatable bonds is 11. The standard InChI is InChI=1S/C17H28NO4P/c1-3-22-23(20)13-11-15(2)8-7-12-18-17(19)21-14-16-9-5-4-6-10-16/h4-6,9-10,15,23H,3,7-8,11-14H2,1-2H3,(H,18,19). The van der Waals surface area contributed by atoms with E-state index in [1.54, 1.807) is 0 Å². The summed E-state index contributed by atoms with van der Waals surface area (Å²) in [4.78, 5) is 11.6. The zero-order valence-electron chi connectivity index (χ0n) is 14.0. The molecule has 0 bridgehead atoms. The lowest BCUT2D eigenvalue weighted by atomic mass is 10.0. The molecule has 0 saturated carbocycles. The van der Waals surface area contributed by atoms with Crippen molar-refractivity contribution in [1.82, 2.24) is 5.32 Å². The Morgan fingerprint density at radius 2 is 2.00 bits per heavy atom. The molecule has 0 aliphatic carbocycles. The van der Waals surface area contributed by atoms with Gasteiger partial charge in [0, 0.05) is 12.7 Å². The number of carbonyl (C=O) groups is 1. The van der Waals surface area contributed by atoms with E-state index in [0.29, 0.717) is 25.2 Å². The van der Waals surface area contributed by atoms with Crippen molar-refractivity contribution in [3.8, 4) is 0 Å². The average Bonchev–Trinajstić information content (AvgIpc) is 2.56. The van der Waals surface area contributed by atoms with Gasteiger partial charge in [-0.3, -0.25) is 4.57 Å². The summed E-state index contributed by atoms with van der Waals surface area (Å²) in [5.41, 5.74) is 0.973. The van der Waals surface area contributed by atoms with Gasteiger partial charge >= 0.3 is 6.09 Å². The lowest BCUT2D eigenvalue weighted by molar-refractivity contribution is 0.139. The summed E-state index contributed by atoms with van der Waals surface area (Å²) in [6, 6.07) is 9.60. The first-order valence-electron chi connectivity index (χ1n) is 8.22. The molecule has 6 heteroatoms. The second-order valence-corrected chi connectivity index (χ2v) is 7.11. The van der Waals surface area contributed by atoms with E-state index in [1.807, 2.05) is 37.3 Å². The molecule has 5 nitrogen and oxygen atoms in total. The van der Waals surface area contributed by atoms with Crippen molar-refractivity contribution in [2.45, 2.75) is 39.7 Å². The first kappa shape index (κ1) is 19.7. The van der Waals surface area contributed by atoms with Crippen LogP contribution in [0.4, 0.5) is 4.79 Å². The van der Waals surface area contributed by atoms with Crippen LogP contribution in [0.3, 0.4) is 0 Å². The fourth-order valence-corrected chi connectivity index (χ4v) is 3.35. The van der Waals surface area contributed by atoms with Gasteiger partial charge in [-0.1, -0.05) is 37.3 Å². The summed E-state index contributed by atoms with van der Waals surface area (Å²) in [5, 5.41) is 2.75. The van der Waals surface area contributed by atoms with Crippen molar-refractivity contribution in [2.75, 3.05) is 19.3 Å². The van der Waals surface area contributed by atoms with E-state index in [1.165, 1.54) is 0 Å². The van der Waals surface area contributed by atoms with E-state index < -0.39 is 8.03 Å². The van der Waals surface area contributed by atoms with Crippen LogP contribution in [0.1, 0.15) is 38.7 Å². The molecule has 1 rings (SSSR count). The molecule has 1 amide bonds. The highest BCUT2D eigenvalue weighted by Gasteiger charge is 2.07. The zero-order valence-corrected chi connectivity index (χ0v) is 15.0. The maximum absolute atomic E-state index is 11.6. The summed E-state index contributed by atoms with van der Waals surface area (Å²) >= 11 is 0. The third kappa shape index (κ3) is 10.1. The van der Waals surface area contributed by atoms with Gasteiger partial charge in [0.15, 0.2) is 8.03 Å². The molecule has 2 unspecified atom stereocenters. The predicted molar refractivity (Wildman–Crippen MR) is 93.1 cm³/mol. The molecule has 0 radical (unpaired) electrons. The van der Waals surface area contributed by atoms with Gasteiger partial charge in [0.05, 0.1) is 6.61 Å². The molecular formula is C17H28NO4P. The van der Waals surface area contributed by atoms with Gasteiger partial charge in [-0.25, -0.2) is 4.79 Å². The number of hydrogen-bond donors (Lipinski definition) is 1. The van der Waals surface area contributed by atoms with E-state index in [9.17, 15) is 9.36 Å². The minimum absolute atomic E-state index is 0.286. The Balaban J connectivity index is 2.03. The number of benzene rings is 1. The van der Waals surface area contributed by atoms with E-state index in [-0.39, 0.29) is 12.7 Å². The highest BCUT2D eigenvalue weighted by Crippen LogP contribution is 2.25. The van der Waals surface area contributed by atoms with Crippen LogP contribution in [0, 0.1) is 5.92 Å². The predicted octanol–water partition coefficient (Wildman–Crippen LogP) is 4.23. The molecule has 1 aromatic rings. The quantitative estimate of drug-likeness (QED) is 0.483. The van der Waals surface area contributed by atoms with Crippen LogP contribution < -0.4 is 5.32 Å². The first-order chi connectivity index (χ1) is 11.1. The Morgan fingerprint density at radius 1 is 1.26 bits per heavy atom. The molecule has 1 N–H and O–H groups in total. The lowest BCUT2D eigenvalue weighted by Crippen LogP contribution is -2.25. The SMILES string of the molecule is CCO[PH](=O)CCC(C)CCCNC(=O)OCc1ccccc1. The van der Waals surface area contributed by atoms with E-state index in [0.717, 1.165) is 24.8 Å². The Kier molecular flexibility index (Phi) is 10.4. The van der Waals surface area contributed by atoms with E-state index >= 15 is 0 Å². The fraction of sp³-hybridized carbons (Fsp3) is 0.588. The molecule has 2 atom stereocenters. The topological polar surface area (TPSA) is 64.6 Å². The van der Waals surface area contributed by atoms with Crippen LogP contribution in [0.15, 0.2) is 30.3 Å². The smallest absolute Gasteiger partial charge is 0.407 e. The summed E-state index contributed by atoms with van der Waals surface area (Å²) in [6.45, 7) is 5.39. The average molecular weight is 341 g/mol. The van der Waals surface area contributed by atoms with Crippen molar-refractivity contribution in [2.24, 2.45) is 5.92 Å². The van der Waals surface area contributed by atoms with Gasteiger partial charge in [0.25, 0.3) is 0 Å². The van der Waals surface area contributed by atoms with Crippen LogP contribution in [0.5, 0.6) is 0 Å². The number of alkyl carbamates (subject to hydrolysis) is 1. The van der Waals surface area contributed by atoms with Gasteiger partial charge < -0.3 is 14.6 Å². The molecule has 0 spiro atoms. The molecule has 0 fully saturated rings. The van der Waals surface area contributed by atoms with Crippen molar-refractivity contribution >= 4 is 14.1 Å².